The van der Waals surface area contributed by atoms with Crippen LogP contribution in [0.2, 0.25) is 0 Å². The van der Waals surface area contributed by atoms with Gasteiger partial charge in [-0.15, -0.1) is 0 Å². The molecule has 0 atom stereocenters. The second kappa shape index (κ2) is 4.84. The van der Waals surface area contributed by atoms with Crippen LogP contribution in [0.5, 0.6) is 0 Å². The minimum atomic E-state index is 0.520. The minimum absolute atomic E-state index is 0.520. The summed E-state index contributed by atoms with van der Waals surface area (Å²) in [6.07, 6.45) is 4.70. The van der Waals surface area contributed by atoms with Crippen LogP contribution in [0.3, 0.4) is 0 Å². The Morgan fingerprint density at radius 1 is 0.955 bits per heavy atom. The number of hydrogen-bond acceptors (Lipinski definition) is 3. The van der Waals surface area contributed by atoms with Crippen molar-refractivity contribution in [2.75, 3.05) is 5.73 Å². The molecule has 4 nitrogen and oxygen atoms in total. The number of rotatable bonds is 2. The Hall–Kier alpha value is -2.88. The fourth-order valence-electron chi connectivity index (χ4n) is 2.78. The molecule has 3 N–H and O–H groups in total. The summed E-state index contributed by atoms with van der Waals surface area (Å²) in [7, 11) is 0. The van der Waals surface area contributed by atoms with E-state index in [0.717, 1.165) is 33.9 Å². The molecule has 3 heterocycles. The van der Waals surface area contributed by atoms with Crippen molar-refractivity contribution in [3.8, 4) is 11.1 Å². The first-order valence-corrected chi connectivity index (χ1v) is 7.37. The number of aromatic amines is 1. The number of nitrogen functional groups attached to an aromatic ring is 1. The van der Waals surface area contributed by atoms with Gasteiger partial charge in [0.05, 0.1) is 11.7 Å². The molecular formula is C18H16N4. The van der Waals surface area contributed by atoms with Crippen LogP contribution in [0.4, 0.5) is 5.82 Å². The van der Waals surface area contributed by atoms with Gasteiger partial charge in [0.25, 0.3) is 0 Å². The molecule has 3 aromatic heterocycles. The molecule has 0 spiro atoms. The summed E-state index contributed by atoms with van der Waals surface area (Å²) in [5, 5.41) is 2.13. The number of fused-ring (bicyclic) bond motifs is 3. The molecule has 0 saturated carbocycles. The Balaban J connectivity index is 1.91. The van der Waals surface area contributed by atoms with Crippen LogP contribution in [0.25, 0.3) is 33.1 Å². The van der Waals surface area contributed by atoms with Gasteiger partial charge in [-0.1, -0.05) is 31.2 Å². The van der Waals surface area contributed by atoms with Crippen LogP contribution in [0, 0.1) is 0 Å². The van der Waals surface area contributed by atoms with Gasteiger partial charge in [-0.2, -0.15) is 0 Å². The molecular weight excluding hydrogens is 272 g/mol. The van der Waals surface area contributed by atoms with E-state index in [1.807, 2.05) is 12.3 Å². The van der Waals surface area contributed by atoms with E-state index in [0.29, 0.717) is 5.82 Å². The molecule has 4 heteroatoms. The quantitative estimate of drug-likeness (QED) is 0.587. The van der Waals surface area contributed by atoms with E-state index in [4.69, 9.17) is 5.73 Å². The number of nitrogens with one attached hydrogen (secondary N) is 1. The first kappa shape index (κ1) is 12.8. The number of H-pyrrole nitrogens is 1. The molecule has 0 aliphatic rings. The molecule has 0 unspecified atom stereocenters. The van der Waals surface area contributed by atoms with Crippen molar-refractivity contribution in [2.24, 2.45) is 0 Å². The maximum absolute atomic E-state index is 5.81. The van der Waals surface area contributed by atoms with Crippen LogP contribution in [0.1, 0.15) is 12.5 Å². The highest BCUT2D eigenvalue weighted by Crippen LogP contribution is 2.29. The van der Waals surface area contributed by atoms with Crippen molar-refractivity contribution in [2.45, 2.75) is 13.3 Å². The Labute approximate surface area is 128 Å². The van der Waals surface area contributed by atoms with E-state index in [9.17, 15) is 0 Å². The molecule has 0 fully saturated rings. The molecule has 0 saturated heterocycles. The zero-order chi connectivity index (χ0) is 15.1. The average molecular weight is 288 g/mol. The van der Waals surface area contributed by atoms with Gasteiger partial charge in [0.15, 0.2) is 0 Å². The standard InChI is InChI=1S/C18H16N4/c1-2-11-3-5-12(6-4-11)13-7-15-14-8-17(19)20-10-16(14)22-18(15)21-9-13/h3-10H,2H2,1H3,(H2,19,20)(H,21,22). The second-order valence-electron chi connectivity index (χ2n) is 5.45. The van der Waals surface area contributed by atoms with E-state index in [1.54, 1.807) is 6.20 Å². The third-order valence-corrected chi connectivity index (χ3v) is 4.05. The van der Waals surface area contributed by atoms with Gasteiger partial charge in [0, 0.05) is 22.5 Å². The van der Waals surface area contributed by atoms with E-state index < -0.39 is 0 Å². The van der Waals surface area contributed by atoms with Crippen LogP contribution in [-0.2, 0) is 6.42 Å². The largest absolute Gasteiger partial charge is 0.384 e. The highest BCUT2D eigenvalue weighted by atomic mass is 14.9. The summed E-state index contributed by atoms with van der Waals surface area (Å²) >= 11 is 0. The molecule has 1 aromatic carbocycles. The maximum Gasteiger partial charge on any atom is 0.138 e. The lowest BCUT2D eigenvalue weighted by Crippen LogP contribution is -1.87. The van der Waals surface area contributed by atoms with Gasteiger partial charge < -0.3 is 10.7 Å². The molecule has 0 bridgehead atoms. The monoisotopic (exact) mass is 288 g/mol. The van der Waals surface area contributed by atoms with Crippen molar-refractivity contribution in [3.63, 3.8) is 0 Å². The van der Waals surface area contributed by atoms with Crippen molar-refractivity contribution in [1.29, 1.82) is 0 Å². The number of nitrogens with two attached hydrogens (primary N) is 1. The van der Waals surface area contributed by atoms with Crippen LogP contribution in [0.15, 0.2) is 48.8 Å². The van der Waals surface area contributed by atoms with Crippen LogP contribution >= 0.6 is 0 Å². The predicted octanol–water partition coefficient (Wildman–Crippen LogP) is 3.92. The Morgan fingerprint density at radius 3 is 2.55 bits per heavy atom. The van der Waals surface area contributed by atoms with E-state index in [1.165, 1.54) is 11.1 Å². The number of aromatic nitrogens is 3. The third-order valence-electron chi connectivity index (χ3n) is 4.05. The lowest BCUT2D eigenvalue weighted by Gasteiger charge is -2.03. The molecule has 108 valence electrons. The fraction of sp³-hybridized carbons (Fsp3) is 0.111. The summed E-state index contributed by atoms with van der Waals surface area (Å²) in [5.74, 6) is 0.520. The Kier molecular flexibility index (Phi) is 2.82. The maximum atomic E-state index is 5.81. The van der Waals surface area contributed by atoms with Crippen LogP contribution in [-0.4, -0.2) is 15.0 Å². The number of nitrogens with zero attached hydrogens (tertiary/aromatic N) is 2. The molecule has 0 radical (unpaired) electrons. The number of aryl methyl sites for hydroxylation is 1. The van der Waals surface area contributed by atoms with Crippen LogP contribution < -0.4 is 5.73 Å². The topological polar surface area (TPSA) is 67.6 Å². The van der Waals surface area contributed by atoms with Crippen molar-refractivity contribution in [3.05, 3.63) is 54.4 Å². The zero-order valence-corrected chi connectivity index (χ0v) is 12.3. The normalized spacial score (nSPS) is 11.3. The van der Waals surface area contributed by atoms with Gasteiger partial charge in [-0.3, -0.25) is 0 Å². The fourth-order valence-corrected chi connectivity index (χ4v) is 2.78. The van der Waals surface area contributed by atoms with Crippen molar-refractivity contribution < 1.29 is 0 Å². The zero-order valence-electron chi connectivity index (χ0n) is 12.3. The molecule has 4 aromatic rings. The van der Waals surface area contributed by atoms with E-state index in [2.05, 4.69) is 52.2 Å². The summed E-state index contributed by atoms with van der Waals surface area (Å²) < 4.78 is 0. The molecule has 4 rings (SSSR count). The van der Waals surface area contributed by atoms with Gasteiger partial charge in [0.1, 0.15) is 11.5 Å². The molecule has 22 heavy (non-hydrogen) atoms. The summed E-state index contributed by atoms with van der Waals surface area (Å²) in [5.41, 5.74) is 11.2. The first-order chi connectivity index (χ1) is 10.7. The molecule has 0 aliphatic carbocycles. The molecule has 0 amide bonds. The number of benzene rings is 1. The van der Waals surface area contributed by atoms with Crippen molar-refractivity contribution >= 4 is 27.8 Å². The van der Waals surface area contributed by atoms with E-state index >= 15 is 0 Å². The number of hydrogen-bond donors (Lipinski definition) is 2. The Morgan fingerprint density at radius 2 is 1.77 bits per heavy atom. The summed E-state index contributed by atoms with van der Waals surface area (Å²) in [6.45, 7) is 2.16. The smallest absolute Gasteiger partial charge is 0.138 e. The highest BCUT2D eigenvalue weighted by Gasteiger charge is 2.08. The van der Waals surface area contributed by atoms with Gasteiger partial charge in [-0.05, 0) is 29.7 Å². The lowest BCUT2D eigenvalue weighted by atomic mass is 10.0. The van der Waals surface area contributed by atoms with Gasteiger partial charge in [-0.25, -0.2) is 9.97 Å². The third kappa shape index (κ3) is 2.00. The van der Waals surface area contributed by atoms with E-state index in [-0.39, 0.29) is 0 Å². The second-order valence-corrected chi connectivity index (χ2v) is 5.45. The predicted molar refractivity (Wildman–Crippen MR) is 90.6 cm³/mol. The minimum Gasteiger partial charge on any atom is -0.384 e. The summed E-state index contributed by atoms with van der Waals surface area (Å²) in [6, 6.07) is 12.7. The Bertz CT molecular complexity index is 968. The first-order valence-electron chi connectivity index (χ1n) is 7.37. The summed E-state index contributed by atoms with van der Waals surface area (Å²) in [4.78, 5) is 11.9. The van der Waals surface area contributed by atoms with Gasteiger partial charge >= 0.3 is 0 Å². The number of pyridine rings is 2. The highest BCUT2D eigenvalue weighted by molar-refractivity contribution is 6.07. The average Bonchev–Trinajstić information content (AvgIpc) is 2.92. The lowest BCUT2D eigenvalue weighted by molar-refractivity contribution is 1.14. The number of anilines is 1. The van der Waals surface area contributed by atoms with Crippen molar-refractivity contribution in [1.82, 2.24) is 15.0 Å². The van der Waals surface area contributed by atoms with Gasteiger partial charge in [0.2, 0.25) is 0 Å². The SMILES string of the molecule is CCc1ccc(-c2cnc3[nH]c4cnc(N)cc4c3c2)cc1. The molecule has 0 aliphatic heterocycles.